The molecule has 0 unspecified atom stereocenters. The van der Waals surface area contributed by atoms with Gasteiger partial charge in [-0.2, -0.15) is 13.2 Å². The summed E-state index contributed by atoms with van der Waals surface area (Å²) in [4.78, 5) is 4.48. The second kappa shape index (κ2) is 8.06. The molecule has 4 aromatic rings. The van der Waals surface area contributed by atoms with Crippen LogP contribution in [0.15, 0.2) is 73.1 Å². The largest absolute Gasteiger partial charge is 0.494 e. The number of imidazole rings is 1. The zero-order valence-electron chi connectivity index (χ0n) is 16.2. The highest BCUT2D eigenvalue weighted by Crippen LogP contribution is 2.29. The molecule has 3 aromatic carbocycles. The minimum Gasteiger partial charge on any atom is -0.494 e. The molecule has 1 aromatic heterocycles. The van der Waals surface area contributed by atoms with Crippen molar-refractivity contribution in [2.45, 2.75) is 13.1 Å². The first-order valence-corrected chi connectivity index (χ1v) is 9.50. The highest BCUT2D eigenvalue weighted by atomic mass is 19.4. The molecule has 4 rings (SSSR count). The van der Waals surface area contributed by atoms with Crippen molar-refractivity contribution in [2.75, 3.05) is 6.61 Å². The van der Waals surface area contributed by atoms with Crippen molar-refractivity contribution in [1.29, 1.82) is 0 Å². The number of alkyl halides is 3. The Hall–Kier alpha value is -3.54. The van der Waals surface area contributed by atoms with Crippen molar-refractivity contribution in [3.05, 3.63) is 89.7 Å². The number of benzene rings is 3. The van der Waals surface area contributed by atoms with Crippen LogP contribution in [-0.2, 0) is 6.18 Å². The van der Waals surface area contributed by atoms with E-state index in [0.717, 1.165) is 40.2 Å². The Kier molecular flexibility index (Phi) is 5.31. The molecule has 0 spiro atoms. The molecule has 0 bridgehead atoms. The Balaban J connectivity index is 1.55. The van der Waals surface area contributed by atoms with E-state index >= 15 is 0 Å². The van der Waals surface area contributed by atoms with Crippen molar-refractivity contribution in [1.82, 2.24) is 9.55 Å². The highest BCUT2D eigenvalue weighted by molar-refractivity contribution is 5.82. The summed E-state index contributed by atoms with van der Waals surface area (Å²) >= 11 is 0. The summed E-state index contributed by atoms with van der Waals surface area (Å²) in [6, 6.07) is 18.8. The fourth-order valence-corrected chi connectivity index (χ4v) is 3.18. The molecule has 3 nitrogen and oxygen atoms in total. The molecule has 0 saturated heterocycles. The van der Waals surface area contributed by atoms with Gasteiger partial charge in [-0.05, 0) is 66.6 Å². The maximum absolute atomic E-state index is 12.7. The van der Waals surface area contributed by atoms with Crippen LogP contribution in [0.2, 0.25) is 0 Å². The number of rotatable bonds is 5. The quantitative estimate of drug-likeness (QED) is 0.347. The molecule has 0 aliphatic heterocycles. The minimum atomic E-state index is -4.32. The molecule has 152 valence electrons. The lowest BCUT2D eigenvalue weighted by Gasteiger charge is -2.07. The Morgan fingerprint density at radius 2 is 1.57 bits per heavy atom. The number of hydrogen-bond donors (Lipinski definition) is 0. The molecule has 0 fully saturated rings. The van der Waals surface area contributed by atoms with Crippen molar-refractivity contribution >= 4 is 23.2 Å². The summed E-state index contributed by atoms with van der Waals surface area (Å²) < 4.78 is 45.5. The molecule has 6 heteroatoms. The van der Waals surface area contributed by atoms with Gasteiger partial charge in [0.05, 0.1) is 23.2 Å². The van der Waals surface area contributed by atoms with Crippen LogP contribution in [0.5, 0.6) is 5.75 Å². The number of nitrogens with zero attached hydrogens (tertiary/aromatic N) is 2. The molecular formula is C24H19F3N2O. The third kappa shape index (κ3) is 4.22. The van der Waals surface area contributed by atoms with Crippen LogP contribution >= 0.6 is 0 Å². The number of ether oxygens (including phenoxy) is 1. The van der Waals surface area contributed by atoms with Crippen LogP contribution in [0, 0.1) is 0 Å². The molecule has 0 radical (unpaired) electrons. The van der Waals surface area contributed by atoms with Gasteiger partial charge in [0.25, 0.3) is 0 Å². The third-order valence-corrected chi connectivity index (χ3v) is 4.70. The highest BCUT2D eigenvalue weighted by Gasteiger charge is 2.29. The molecule has 0 atom stereocenters. The minimum absolute atomic E-state index is 0.621. The third-order valence-electron chi connectivity index (χ3n) is 4.70. The number of halogens is 3. The van der Waals surface area contributed by atoms with Crippen LogP contribution in [0.1, 0.15) is 23.6 Å². The van der Waals surface area contributed by atoms with Gasteiger partial charge in [-0.25, -0.2) is 4.98 Å². The van der Waals surface area contributed by atoms with Crippen molar-refractivity contribution < 1.29 is 17.9 Å². The lowest BCUT2D eigenvalue weighted by atomic mass is 10.1. The first-order chi connectivity index (χ1) is 14.4. The fourth-order valence-electron chi connectivity index (χ4n) is 3.18. The average molecular weight is 408 g/mol. The van der Waals surface area contributed by atoms with Gasteiger partial charge in [-0.1, -0.05) is 30.4 Å². The van der Waals surface area contributed by atoms with Gasteiger partial charge in [0.2, 0.25) is 0 Å². The van der Waals surface area contributed by atoms with E-state index in [-0.39, 0.29) is 0 Å². The van der Waals surface area contributed by atoms with Crippen molar-refractivity contribution in [3.63, 3.8) is 0 Å². The number of hydrogen-bond acceptors (Lipinski definition) is 2. The van der Waals surface area contributed by atoms with Crippen molar-refractivity contribution in [2.24, 2.45) is 0 Å². The molecule has 1 heterocycles. The van der Waals surface area contributed by atoms with Gasteiger partial charge in [0.15, 0.2) is 0 Å². The van der Waals surface area contributed by atoms with Gasteiger partial charge >= 0.3 is 6.18 Å². The Labute approximate surface area is 172 Å². The zero-order chi connectivity index (χ0) is 21.1. The van der Waals surface area contributed by atoms with Gasteiger partial charge in [-0.15, -0.1) is 0 Å². The predicted octanol–water partition coefficient (Wildman–Crippen LogP) is 6.61. The van der Waals surface area contributed by atoms with Gasteiger partial charge in [0, 0.05) is 5.69 Å². The maximum atomic E-state index is 12.7. The van der Waals surface area contributed by atoms with E-state index in [2.05, 4.69) is 4.98 Å². The van der Waals surface area contributed by atoms with E-state index in [0.29, 0.717) is 12.2 Å². The lowest BCUT2D eigenvalue weighted by Crippen LogP contribution is -2.03. The molecule has 0 aliphatic carbocycles. The molecule has 0 N–H and O–H groups in total. The Bertz CT molecular complexity index is 1170. The van der Waals surface area contributed by atoms with Crippen LogP contribution in [0.4, 0.5) is 13.2 Å². The first-order valence-electron chi connectivity index (χ1n) is 9.50. The van der Waals surface area contributed by atoms with Crippen molar-refractivity contribution in [3.8, 4) is 11.4 Å². The molecule has 0 saturated carbocycles. The number of aromatic nitrogens is 2. The van der Waals surface area contributed by atoms with E-state index in [4.69, 9.17) is 4.74 Å². The summed E-state index contributed by atoms with van der Waals surface area (Å²) in [6.07, 6.45) is 1.09. The Morgan fingerprint density at radius 3 is 2.23 bits per heavy atom. The average Bonchev–Trinajstić information content (AvgIpc) is 3.16. The van der Waals surface area contributed by atoms with Crippen LogP contribution < -0.4 is 4.74 Å². The summed E-state index contributed by atoms with van der Waals surface area (Å²) in [7, 11) is 0. The normalized spacial score (nSPS) is 12.0. The predicted molar refractivity (Wildman–Crippen MR) is 113 cm³/mol. The standard InChI is InChI=1S/C24H19F3N2O/c1-2-30-21-12-10-20(11-13-21)29-16-28-22-15-18(7-14-23(22)29)4-3-17-5-8-19(9-6-17)24(25,26)27/h3-16H,2H2,1H3/b4-3-. The summed E-state index contributed by atoms with van der Waals surface area (Å²) in [6.45, 7) is 2.57. The topological polar surface area (TPSA) is 27.1 Å². The van der Waals surface area contributed by atoms with Gasteiger partial charge in [-0.3, -0.25) is 4.57 Å². The molecular weight excluding hydrogens is 389 g/mol. The van der Waals surface area contributed by atoms with E-state index in [1.165, 1.54) is 12.1 Å². The van der Waals surface area contributed by atoms with Gasteiger partial charge in [0.1, 0.15) is 12.1 Å². The summed E-state index contributed by atoms with van der Waals surface area (Å²) in [5.74, 6) is 0.821. The summed E-state index contributed by atoms with van der Waals surface area (Å²) in [5.41, 5.74) is 3.74. The molecule has 0 amide bonds. The SMILES string of the molecule is CCOc1ccc(-n2cnc3cc(/C=C\c4ccc(C(F)(F)F)cc4)ccc32)cc1. The molecule has 0 aliphatic rings. The van der Waals surface area contributed by atoms with Crippen LogP contribution in [0.3, 0.4) is 0 Å². The van der Waals surface area contributed by atoms with E-state index in [9.17, 15) is 13.2 Å². The van der Waals surface area contributed by atoms with E-state index in [1.54, 1.807) is 12.4 Å². The van der Waals surface area contributed by atoms with Crippen LogP contribution in [0.25, 0.3) is 28.9 Å². The number of fused-ring (bicyclic) bond motifs is 1. The smallest absolute Gasteiger partial charge is 0.416 e. The lowest BCUT2D eigenvalue weighted by molar-refractivity contribution is -0.137. The second-order valence-electron chi connectivity index (χ2n) is 6.74. The zero-order valence-corrected chi connectivity index (χ0v) is 16.2. The van der Waals surface area contributed by atoms with Crippen LogP contribution in [-0.4, -0.2) is 16.2 Å². The molecule has 30 heavy (non-hydrogen) atoms. The second-order valence-corrected chi connectivity index (χ2v) is 6.74. The maximum Gasteiger partial charge on any atom is 0.416 e. The monoisotopic (exact) mass is 408 g/mol. The van der Waals surface area contributed by atoms with Gasteiger partial charge < -0.3 is 4.74 Å². The van der Waals surface area contributed by atoms with E-state index in [1.807, 2.05) is 60.0 Å². The fraction of sp³-hybridized carbons (Fsp3) is 0.125. The first kappa shape index (κ1) is 19.8. The Morgan fingerprint density at radius 1 is 0.900 bits per heavy atom. The van der Waals surface area contributed by atoms with E-state index < -0.39 is 11.7 Å². The summed E-state index contributed by atoms with van der Waals surface area (Å²) in [5, 5.41) is 0.